The number of aliphatic imine (C=N–C) groups is 1. The molecule has 7 nitrogen and oxygen atoms in total. The molecule has 1 aliphatic rings. The van der Waals surface area contributed by atoms with E-state index >= 15 is 0 Å². The minimum absolute atomic E-state index is 0.507. The lowest BCUT2D eigenvalue weighted by Gasteiger charge is -2.27. The van der Waals surface area contributed by atoms with Gasteiger partial charge in [0.05, 0.1) is 26.1 Å². The summed E-state index contributed by atoms with van der Waals surface area (Å²) in [5.74, 6) is 1.91. The second-order valence-electron chi connectivity index (χ2n) is 6.91. The number of para-hydroxylation sites is 1. The van der Waals surface area contributed by atoms with E-state index in [1.165, 1.54) is 11.1 Å². The molecule has 2 N–H and O–H groups in total. The molecular formula is C21H24N6O. The molecule has 7 heteroatoms. The molecule has 1 aliphatic heterocycles. The Balaban J connectivity index is 1.46. The maximum absolute atomic E-state index is 5.43. The summed E-state index contributed by atoms with van der Waals surface area (Å²) in [6.07, 6.45) is 0. The number of benzene rings is 2. The highest BCUT2D eigenvalue weighted by Gasteiger charge is 2.15. The number of ether oxygens (including phenoxy) is 1. The topological polar surface area (TPSA) is 74.7 Å². The number of fused-ring (bicyclic) bond motifs is 1. The van der Waals surface area contributed by atoms with E-state index in [-0.39, 0.29) is 0 Å². The number of aryl methyl sites for hydroxylation is 2. The van der Waals surface area contributed by atoms with Crippen LogP contribution in [0.1, 0.15) is 16.8 Å². The molecule has 0 amide bonds. The van der Waals surface area contributed by atoms with E-state index in [0.717, 1.165) is 28.9 Å². The molecule has 144 valence electrons. The fourth-order valence-corrected chi connectivity index (χ4v) is 3.21. The van der Waals surface area contributed by atoms with E-state index in [1.54, 1.807) is 7.11 Å². The highest BCUT2D eigenvalue weighted by Crippen LogP contribution is 2.26. The molecule has 0 aliphatic carbocycles. The lowest BCUT2D eigenvalue weighted by atomic mass is 10.1. The summed E-state index contributed by atoms with van der Waals surface area (Å²) in [4.78, 5) is 16.0. The molecule has 0 unspecified atom stereocenters. The van der Waals surface area contributed by atoms with Gasteiger partial charge in [-0.25, -0.2) is 15.0 Å². The first-order valence-electron chi connectivity index (χ1n) is 9.27. The number of rotatable bonds is 4. The van der Waals surface area contributed by atoms with Crippen LogP contribution in [0.4, 0.5) is 5.95 Å². The van der Waals surface area contributed by atoms with Gasteiger partial charge in [0.2, 0.25) is 11.9 Å². The summed E-state index contributed by atoms with van der Waals surface area (Å²) in [6.45, 7) is 6.23. The van der Waals surface area contributed by atoms with Crippen molar-refractivity contribution >= 4 is 22.8 Å². The molecule has 2 aromatic carbocycles. The van der Waals surface area contributed by atoms with Crippen molar-refractivity contribution in [1.82, 2.24) is 20.2 Å². The Bertz CT molecular complexity index is 1020. The molecular weight excluding hydrogens is 352 g/mol. The van der Waals surface area contributed by atoms with Crippen molar-refractivity contribution in [2.45, 2.75) is 20.4 Å². The van der Waals surface area contributed by atoms with Gasteiger partial charge in [0, 0.05) is 11.9 Å². The zero-order valence-electron chi connectivity index (χ0n) is 16.4. The summed E-state index contributed by atoms with van der Waals surface area (Å²) >= 11 is 0. The monoisotopic (exact) mass is 376 g/mol. The number of aromatic nitrogens is 2. The van der Waals surface area contributed by atoms with Gasteiger partial charge in [-0.3, -0.25) is 10.2 Å². The van der Waals surface area contributed by atoms with Gasteiger partial charge in [0.25, 0.3) is 0 Å². The van der Waals surface area contributed by atoms with Gasteiger partial charge >= 0.3 is 0 Å². The van der Waals surface area contributed by atoms with Crippen LogP contribution in [-0.4, -0.2) is 41.3 Å². The number of methoxy groups -OCH3 is 1. The first-order valence-corrected chi connectivity index (χ1v) is 9.27. The van der Waals surface area contributed by atoms with Crippen LogP contribution in [0.15, 0.2) is 47.5 Å². The number of hydrogen-bond acceptors (Lipinski definition) is 7. The van der Waals surface area contributed by atoms with Gasteiger partial charge in [-0.2, -0.15) is 0 Å². The zero-order valence-corrected chi connectivity index (χ0v) is 16.4. The van der Waals surface area contributed by atoms with Crippen LogP contribution >= 0.6 is 0 Å². The number of hydrogen-bond donors (Lipinski definition) is 2. The van der Waals surface area contributed by atoms with Gasteiger partial charge in [0.15, 0.2) is 0 Å². The Kier molecular flexibility index (Phi) is 5.08. The standard InChI is InChI=1S/C21H24N6O/c1-14-7-9-16(10-8-14)11-27-12-22-20(23-13-27)26-21-24-15(2)17-5-4-6-18(28-3)19(17)25-21/h4-10H,11-13H2,1-3H3,(H2,22,23,24,25,26). The summed E-state index contributed by atoms with van der Waals surface area (Å²) in [5, 5.41) is 7.47. The predicted octanol–water partition coefficient (Wildman–Crippen LogP) is 3.04. The van der Waals surface area contributed by atoms with Crippen molar-refractivity contribution in [3.8, 4) is 5.75 Å². The molecule has 0 bridgehead atoms. The van der Waals surface area contributed by atoms with Crippen molar-refractivity contribution in [3.63, 3.8) is 0 Å². The summed E-state index contributed by atoms with van der Waals surface area (Å²) in [7, 11) is 1.65. The van der Waals surface area contributed by atoms with Gasteiger partial charge in [0.1, 0.15) is 11.3 Å². The second-order valence-corrected chi connectivity index (χ2v) is 6.91. The van der Waals surface area contributed by atoms with Crippen LogP contribution in [0.2, 0.25) is 0 Å². The van der Waals surface area contributed by atoms with Crippen molar-refractivity contribution in [2.75, 3.05) is 25.8 Å². The summed E-state index contributed by atoms with van der Waals surface area (Å²) in [6, 6.07) is 14.4. The molecule has 4 rings (SSSR count). The van der Waals surface area contributed by atoms with Crippen LogP contribution in [-0.2, 0) is 6.54 Å². The fourth-order valence-electron chi connectivity index (χ4n) is 3.21. The third-order valence-electron chi connectivity index (χ3n) is 4.76. The van der Waals surface area contributed by atoms with Gasteiger partial charge in [-0.1, -0.05) is 42.0 Å². The number of anilines is 1. The largest absolute Gasteiger partial charge is 0.494 e. The SMILES string of the molecule is COc1cccc2c(C)nc(NC3=NCN(Cc4ccc(C)cc4)CN3)nc12. The molecule has 0 saturated carbocycles. The number of nitrogens with zero attached hydrogens (tertiary/aromatic N) is 4. The van der Waals surface area contributed by atoms with Crippen molar-refractivity contribution in [2.24, 2.45) is 4.99 Å². The third-order valence-corrected chi connectivity index (χ3v) is 4.76. The molecule has 0 fully saturated rings. The van der Waals surface area contributed by atoms with Crippen LogP contribution in [0.25, 0.3) is 10.9 Å². The molecule has 0 spiro atoms. The molecule has 3 aromatic rings. The Labute approximate surface area is 164 Å². The average Bonchev–Trinajstić information content (AvgIpc) is 2.71. The molecule has 0 saturated heterocycles. The average molecular weight is 376 g/mol. The van der Waals surface area contributed by atoms with E-state index in [9.17, 15) is 0 Å². The van der Waals surface area contributed by atoms with Crippen molar-refractivity contribution < 1.29 is 4.74 Å². The fraction of sp³-hybridized carbons (Fsp3) is 0.286. The molecule has 2 heterocycles. The van der Waals surface area contributed by atoms with Crippen molar-refractivity contribution in [1.29, 1.82) is 0 Å². The van der Waals surface area contributed by atoms with Crippen molar-refractivity contribution in [3.05, 3.63) is 59.3 Å². The summed E-state index contributed by atoms with van der Waals surface area (Å²) < 4.78 is 5.43. The van der Waals surface area contributed by atoms with Gasteiger partial charge in [-0.15, -0.1) is 0 Å². The Hall–Kier alpha value is -3.19. The lowest BCUT2D eigenvalue weighted by molar-refractivity contribution is 0.256. The summed E-state index contributed by atoms with van der Waals surface area (Å²) in [5.41, 5.74) is 4.23. The first-order chi connectivity index (χ1) is 13.6. The van der Waals surface area contributed by atoms with Crippen LogP contribution in [0.3, 0.4) is 0 Å². The molecule has 1 aromatic heterocycles. The highest BCUT2D eigenvalue weighted by molar-refractivity contribution is 5.94. The Morgan fingerprint density at radius 2 is 1.93 bits per heavy atom. The highest BCUT2D eigenvalue weighted by atomic mass is 16.5. The minimum atomic E-state index is 0.507. The van der Waals surface area contributed by atoms with E-state index in [4.69, 9.17) is 4.74 Å². The van der Waals surface area contributed by atoms with Crippen LogP contribution in [0.5, 0.6) is 5.75 Å². The minimum Gasteiger partial charge on any atom is -0.494 e. The van der Waals surface area contributed by atoms with Gasteiger partial charge in [-0.05, 0) is 25.5 Å². The van der Waals surface area contributed by atoms with E-state index in [2.05, 4.69) is 61.7 Å². The zero-order chi connectivity index (χ0) is 19.5. The predicted molar refractivity (Wildman–Crippen MR) is 111 cm³/mol. The Morgan fingerprint density at radius 3 is 2.64 bits per heavy atom. The quantitative estimate of drug-likeness (QED) is 0.729. The molecule has 0 atom stereocenters. The van der Waals surface area contributed by atoms with Crippen LogP contribution < -0.4 is 15.4 Å². The number of nitrogens with one attached hydrogen (secondary N) is 2. The smallest absolute Gasteiger partial charge is 0.230 e. The van der Waals surface area contributed by atoms with E-state index < -0.39 is 0 Å². The lowest BCUT2D eigenvalue weighted by Crippen LogP contribution is -2.45. The maximum atomic E-state index is 5.43. The molecule has 0 radical (unpaired) electrons. The second kappa shape index (κ2) is 7.82. The maximum Gasteiger partial charge on any atom is 0.230 e. The third kappa shape index (κ3) is 3.89. The van der Waals surface area contributed by atoms with Crippen LogP contribution in [0, 0.1) is 13.8 Å². The van der Waals surface area contributed by atoms with Gasteiger partial charge < -0.3 is 10.1 Å². The normalized spacial score (nSPS) is 14.5. The van der Waals surface area contributed by atoms with E-state index in [0.29, 0.717) is 25.2 Å². The van der Waals surface area contributed by atoms with E-state index in [1.807, 2.05) is 25.1 Å². The Morgan fingerprint density at radius 1 is 1.11 bits per heavy atom. The first kappa shape index (κ1) is 18.2. The molecule has 28 heavy (non-hydrogen) atoms. The number of guanidine groups is 1.